The molecule has 3 rings (SSSR count). The minimum atomic E-state index is 0.0823. The highest BCUT2D eigenvalue weighted by atomic mass is 16.7. The van der Waals surface area contributed by atoms with Gasteiger partial charge in [-0.3, -0.25) is 4.79 Å². The molecule has 0 aromatic rings. The summed E-state index contributed by atoms with van der Waals surface area (Å²) in [5.41, 5.74) is 0. The Morgan fingerprint density at radius 2 is 1.22 bits per heavy atom. The van der Waals surface area contributed by atoms with Gasteiger partial charge < -0.3 is 9.47 Å². The van der Waals surface area contributed by atoms with Crippen molar-refractivity contribution in [1.82, 2.24) is 0 Å². The van der Waals surface area contributed by atoms with E-state index < -0.39 is 0 Å². The Bertz CT molecular complexity index is 278. The van der Waals surface area contributed by atoms with Crippen molar-refractivity contribution in [3.05, 3.63) is 0 Å². The molecule has 18 heavy (non-hydrogen) atoms. The van der Waals surface area contributed by atoms with Gasteiger partial charge in [0.15, 0.2) is 6.29 Å². The normalized spacial score (nSPS) is 36.1. The summed E-state index contributed by atoms with van der Waals surface area (Å²) in [7, 11) is 0. The number of ketones is 1. The maximum absolute atomic E-state index is 11.3. The Labute approximate surface area is 109 Å². The third-order valence-corrected chi connectivity index (χ3v) is 5.10. The van der Waals surface area contributed by atoms with E-state index in [9.17, 15) is 4.79 Å². The van der Waals surface area contributed by atoms with Crippen LogP contribution in [-0.4, -0.2) is 25.3 Å². The smallest absolute Gasteiger partial charge is 0.160 e. The molecule has 0 aromatic carbocycles. The molecule has 0 spiro atoms. The lowest BCUT2D eigenvalue weighted by Gasteiger charge is -2.36. The van der Waals surface area contributed by atoms with Gasteiger partial charge in [0.05, 0.1) is 13.2 Å². The first-order chi connectivity index (χ1) is 8.83. The van der Waals surface area contributed by atoms with E-state index in [4.69, 9.17) is 9.47 Å². The van der Waals surface area contributed by atoms with Crippen LogP contribution in [0.15, 0.2) is 0 Å². The Morgan fingerprint density at radius 1 is 0.722 bits per heavy atom. The summed E-state index contributed by atoms with van der Waals surface area (Å²) < 4.78 is 11.2. The van der Waals surface area contributed by atoms with Gasteiger partial charge in [-0.05, 0) is 50.4 Å². The second-order valence-corrected chi connectivity index (χ2v) is 6.16. The second-order valence-electron chi connectivity index (χ2n) is 6.16. The second kappa shape index (κ2) is 5.70. The van der Waals surface area contributed by atoms with Gasteiger partial charge in [-0.1, -0.05) is 0 Å². The molecule has 0 aromatic heterocycles. The number of rotatable bonds is 2. The molecule has 2 aliphatic carbocycles. The summed E-state index contributed by atoms with van der Waals surface area (Å²) in [6, 6.07) is 0. The number of Topliss-reactive ketones (excluding diaryl/α,β-unsaturated/α-hetero) is 1. The van der Waals surface area contributed by atoms with Crippen molar-refractivity contribution >= 4 is 5.78 Å². The number of carbonyl (C=O) groups is 1. The van der Waals surface area contributed by atoms with Crippen LogP contribution >= 0.6 is 0 Å². The molecule has 0 N–H and O–H groups in total. The van der Waals surface area contributed by atoms with Crippen molar-refractivity contribution in [2.24, 2.45) is 17.8 Å². The molecule has 102 valence electrons. The van der Waals surface area contributed by atoms with Gasteiger partial charge in [0.1, 0.15) is 5.78 Å². The Morgan fingerprint density at radius 3 is 1.83 bits per heavy atom. The minimum absolute atomic E-state index is 0.0823. The Balaban J connectivity index is 1.46. The first-order valence-electron chi connectivity index (χ1n) is 7.58. The molecule has 3 fully saturated rings. The molecule has 0 amide bonds. The topological polar surface area (TPSA) is 35.5 Å². The molecule has 0 bridgehead atoms. The SMILES string of the molecule is O=C1CCC(C2CCC(C3OCCO3)CC2)CC1. The van der Waals surface area contributed by atoms with Gasteiger partial charge in [-0.2, -0.15) is 0 Å². The summed E-state index contributed by atoms with van der Waals surface area (Å²) in [4.78, 5) is 11.3. The van der Waals surface area contributed by atoms with Crippen molar-refractivity contribution in [2.75, 3.05) is 13.2 Å². The Kier molecular flexibility index (Phi) is 4.00. The van der Waals surface area contributed by atoms with Crippen LogP contribution in [0.25, 0.3) is 0 Å². The van der Waals surface area contributed by atoms with Gasteiger partial charge in [0.25, 0.3) is 0 Å². The molecule has 3 aliphatic rings. The zero-order valence-corrected chi connectivity index (χ0v) is 11.1. The predicted molar refractivity (Wildman–Crippen MR) is 68.1 cm³/mol. The van der Waals surface area contributed by atoms with Crippen molar-refractivity contribution in [1.29, 1.82) is 0 Å². The zero-order chi connectivity index (χ0) is 12.4. The van der Waals surface area contributed by atoms with Crippen LogP contribution in [0.5, 0.6) is 0 Å². The molecule has 0 radical (unpaired) electrons. The van der Waals surface area contributed by atoms with E-state index in [1.54, 1.807) is 0 Å². The maximum Gasteiger partial charge on any atom is 0.160 e. The number of ether oxygens (including phenoxy) is 2. The molecule has 2 saturated carbocycles. The maximum atomic E-state index is 11.3. The third-order valence-electron chi connectivity index (χ3n) is 5.10. The van der Waals surface area contributed by atoms with Crippen LogP contribution in [-0.2, 0) is 14.3 Å². The molecular weight excluding hydrogens is 228 g/mol. The summed E-state index contributed by atoms with van der Waals surface area (Å²) in [5, 5.41) is 0. The average molecular weight is 252 g/mol. The Hall–Kier alpha value is -0.410. The molecule has 1 heterocycles. The quantitative estimate of drug-likeness (QED) is 0.758. The van der Waals surface area contributed by atoms with Crippen LogP contribution in [0.2, 0.25) is 0 Å². The molecular formula is C15H24O3. The predicted octanol–water partition coefficient (Wildman–Crippen LogP) is 2.93. The average Bonchev–Trinajstić information content (AvgIpc) is 2.94. The van der Waals surface area contributed by atoms with E-state index in [0.29, 0.717) is 11.7 Å². The van der Waals surface area contributed by atoms with Crippen molar-refractivity contribution in [2.45, 2.75) is 57.7 Å². The summed E-state index contributed by atoms with van der Waals surface area (Å²) >= 11 is 0. The van der Waals surface area contributed by atoms with E-state index in [1.165, 1.54) is 25.7 Å². The van der Waals surface area contributed by atoms with E-state index in [2.05, 4.69) is 0 Å². The monoisotopic (exact) mass is 252 g/mol. The van der Waals surface area contributed by atoms with E-state index in [1.807, 2.05) is 0 Å². The van der Waals surface area contributed by atoms with Crippen LogP contribution in [0.3, 0.4) is 0 Å². The molecule has 1 aliphatic heterocycles. The molecule has 3 nitrogen and oxygen atoms in total. The van der Waals surface area contributed by atoms with Crippen molar-refractivity contribution in [3.63, 3.8) is 0 Å². The van der Waals surface area contributed by atoms with E-state index >= 15 is 0 Å². The fourth-order valence-electron chi connectivity index (χ4n) is 3.97. The van der Waals surface area contributed by atoms with Gasteiger partial charge in [-0.25, -0.2) is 0 Å². The van der Waals surface area contributed by atoms with Crippen LogP contribution in [0, 0.1) is 17.8 Å². The molecule has 3 heteroatoms. The third kappa shape index (κ3) is 2.77. The molecule has 0 unspecified atom stereocenters. The first kappa shape index (κ1) is 12.6. The van der Waals surface area contributed by atoms with Crippen molar-refractivity contribution < 1.29 is 14.3 Å². The zero-order valence-electron chi connectivity index (χ0n) is 11.1. The van der Waals surface area contributed by atoms with Crippen molar-refractivity contribution in [3.8, 4) is 0 Å². The fraction of sp³-hybridized carbons (Fsp3) is 0.933. The number of carbonyl (C=O) groups excluding carboxylic acids is 1. The van der Waals surface area contributed by atoms with Gasteiger partial charge in [0, 0.05) is 18.8 Å². The molecule has 1 saturated heterocycles. The van der Waals surface area contributed by atoms with Crippen LogP contribution in [0.1, 0.15) is 51.4 Å². The van der Waals surface area contributed by atoms with Gasteiger partial charge >= 0.3 is 0 Å². The number of hydrogen-bond acceptors (Lipinski definition) is 3. The lowest BCUT2D eigenvalue weighted by Crippen LogP contribution is -2.30. The highest BCUT2D eigenvalue weighted by Crippen LogP contribution is 2.41. The highest BCUT2D eigenvalue weighted by Gasteiger charge is 2.34. The summed E-state index contributed by atoms with van der Waals surface area (Å²) in [6.07, 6.45) is 9.16. The molecule has 0 atom stereocenters. The van der Waals surface area contributed by atoms with Crippen LogP contribution in [0.4, 0.5) is 0 Å². The van der Waals surface area contributed by atoms with Gasteiger partial charge in [0.2, 0.25) is 0 Å². The number of hydrogen-bond donors (Lipinski definition) is 0. The van der Waals surface area contributed by atoms with E-state index in [0.717, 1.165) is 50.7 Å². The van der Waals surface area contributed by atoms with E-state index in [-0.39, 0.29) is 6.29 Å². The summed E-state index contributed by atoms with van der Waals surface area (Å²) in [6.45, 7) is 1.55. The largest absolute Gasteiger partial charge is 0.350 e. The fourth-order valence-corrected chi connectivity index (χ4v) is 3.97. The van der Waals surface area contributed by atoms with Gasteiger partial charge in [-0.15, -0.1) is 0 Å². The lowest BCUT2D eigenvalue weighted by molar-refractivity contribution is -0.121. The first-order valence-corrected chi connectivity index (χ1v) is 7.58. The summed E-state index contributed by atoms with van der Waals surface area (Å²) in [5.74, 6) is 2.77. The lowest BCUT2D eigenvalue weighted by atomic mass is 9.71. The highest BCUT2D eigenvalue weighted by molar-refractivity contribution is 5.79. The minimum Gasteiger partial charge on any atom is -0.350 e. The standard InChI is InChI=1S/C15H24O3/c16-14-7-5-12(6-8-14)11-1-3-13(4-2-11)15-17-9-10-18-15/h11-13,15H,1-10H2. The van der Waals surface area contributed by atoms with Crippen LogP contribution < -0.4 is 0 Å².